The molecule has 0 saturated heterocycles. The Morgan fingerprint density at radius 2 is 1.95 bits per heavy atom. The first-order valence-electron chi connectivity index (χ1n) is 6.01. The molecule has 1 unspecified atom stereocenters. The molecular weight excluding hydrogens is 240 g/mol. The van der Waals surface area contributed by atoms with Crippen LogP contribution < -0.4 is 5.01 Å². The maximum Gasteiger partial charge on any atom is 0.257 e. The summed E-state index contributed by atoms with van der Waals surface area (Å²) in [6.45, 7) is 1.85. The minimum atomic E-state index is -0.274. The SMILES string of the molecule is CC1C(=O)N(c2cnccn2)N=C1c1ccccc1. The predicted octanol–water partition coefficient (Wildman–Crippen LogP) is 1.86. The van der Waals surface area contributed by atoms with Crippen LogP contribution in [0.25, 0.3) is 0 Å². The van der Waals surface area contributed by atoms with Crippen LogP contribution in [-0.2, 0) is 4.79 Å². The van der Waals surface area contributed by atoms with Crippen LogP contribution in [0.4, 0.5) is 5.82 Å². The molecule has 0 spiro atoms. The molecule has 94 valence electrons. The second-order valence-corrected chi connectivity index (χ2v) is 4.29. The highest BCUT2D eigenvalue weighted by Gasteiger charge is 2.34. The molecule has 1 amide bonds. The van der Waals surface area contributed by atoms with E-state index in [1.165, 1.54) is 11.2 Å². The van der Waals surface area contributed by atoms with Crippen molar-refractivity contribution in [1.29, 1.82) is 0 Å². The molecule has 0 aliphatic carbocycles. The number of carbonyl (C=O) groups is 1. The van der Waals surface area contributed by atoms with Gasteiger partial charge in [-0.3, -0.25) is 9.78 Å². The van der Waals surface area contributed by atoms with Gasteiger partial charge in [0.05, 0.1) is 17.8 Å². The second kappa shape index (κ2) is 4.61. The van der Waals surface area contributed by atoms with Crippen molar-refractivity contribution in [2.45, 2.75) is 6.92 Å². The van der Waals surface area contributed by atoms with Crippen molar-refractivity contribution in [3.8, 4) is 0 Å². The van der Waals surface area contributed by atoms with Gasteiger partial charge in [0.25, 0.3) is 5.91 Å². The third kappa shape index (κ3) is 1.99. The maximum atomic E-state index is 12.2. The van der Waals surface area contributed by atoms with Gasteiger partial charge < -0.3 is 0 Å². The minimum absolute atomic E-state index is 0.0839. The van der Waals surface area contributed by atoms with E-state index in [2.05, 4.69) is 15.1 Å². The van der Waals surface area contributed by atoms with Crippen LogP contribution in [0.1, 0.15) is 12.5 Å². The predicted molar refractivity (Wildman–Crippen MR) is 71.7 cm³/mol. The fourth-order valence-electron chi connectivity index (χ4n) is 2.03. The van der Waals surface area contributed by atoms with E-state index in [9.17, 15) is 4.79 Å². The second-order valence-electron chi connectivity index (χ2n) is 4.29. The van der Waals surface area contributed by atoms with Crippen LogP contribution in [0.3, 0.4) is 0 Å². The van der Waals surface area contributed by atoms with E-state index < -0.39 is 0 Å². The largest absolute Gasteiger partial charge is 0.272 e. The number of nitrogens with zero attached hydrogens (tertiary/aromatic N) is 4. The van der Waals surface area contributed by atoms with Gasteiger partial charge >= 0.3 is 0 Å². The Kier molecular flexibility index (Phi) is 2.79. The summed E-state index contributed by atoms with van der Waals surface area (Å²) in [5, 5.41) is 5.71. The molecule has 2 heterocycles. The summed E-state index contributed by atoms with van der Waals surface area (Å²) in [7, 11) is 0. The van der Waals surface area contributed by atoms with E-state index in [1.54, 1.807) is 12.4 Å². The first kappa shape index (κ1) is 11.5. The zero-order valence-corrected chi connectivity index (χ0v) is 10.4. The lowest BCUT2D eigenvalue weighted by Gasteiger charge is -2.09. The van der Waals surface area contributed by atoms with Gasteiger partial charge in [-0.15, -0.1) is 0 Å². The van der Waals surface area contributed by atoms with Crippen LogP contribution in [0, 0.1) is 5.92 Å². The highest BCUT2D eigenvalue weighted by Crippen LogP contribution is 2.24. The standard InChI is InChI=1S/C14H12N4O/c1-10-13(11-5-3-2-4-6-11)17-18(14(10)19)12-9-15-7-8-16-12/h2-10H,1H3. The van der Waals surface area contributed by atoms with Gasteiger partial charge in [-0.05, 0) is 12.5 Å². The summed E-state index contributed by atoms with van der Waals surface area (Å²) in [4.78, 5) is 20.3. The number of carbonyl (C=O) groups excluding carboxylic acids is 1. The van der Waals surface area contributed by atoms with Crippen molar-refractivity contribution >= 4 is 17.4 Å². The normalized spacial score (nSPS) is 18.6. The highest BCUT2D eigenvalue weighted by molar-refractivity contribution is 6.21. The van der Waals surface area contributed by atoms with Gasteiger partial charge in [0.1, 0.15) is 0 Å². The third-order valence-electron chi connectivity index (χ3n) is 3.03. The van der Waals surface area contributed by atoms with Gasteiger partial charge in [0, 0.05) is 12.4 Å². The lowest BCUT2D eigenvalue weighted by Crippen LogP contribution is -2.26. The summed E-state index contributed by atoms with van der Waals surface area (Å²) >= 11 is 0. The number of rotatable bonds is 2. The Morgan fingerprint density at radius 3 is 2.63 bits per heavy atom. The average molecular weight is 252 g/mol. The van der Waals surface area contributed by atoms with Crippen molar-refractivity contribution in [3.63, 3.8) is 0 Å². The zero-order chi connectivity index (χ0) is 13.2. The molecule has 5 nitrogen and oxygen atoms in total. The van der Waals surface area contributed by atoms with E-state index in [4.69, 9.17) is 0 Å². The first-order chi connectivity index (χ1) is 9.27. The van der Waals surface area contributed by atoms with E-state index in [0.717, 1.165) is 11.3 Å². The monoisotopic (exact) mass is 252 g/mol. The fraction of sp³-hybridized carbons (Fsp3) is 0.143. The maximum absolute atomic E-state index is 12.2. The molecule has 1 aromatic heterocycles. The van der Waals surface area contributed by atoms with E-state index in [0.29, 0.717) is 5.82 Å². The lowest BCUT2D eigenvalue weighted by molar-refractivity contribution is -0.119. The van der Waals surface area contributed by atoms with Gasteiger partial charge in [0.2, 0.25) is 0 Å². The Hall–Kier alpha value is -2.56. The van der Waals surface area contributed by atoms with Crippen molar-refractivity contribution in [2.24, 2.45) is 11.0 Å². The number of amides is 1. The number of anilines is 1. The number of aromatic nitrogens is 2. The molecule has 1 aromatic carbocycles. The summed E-state index contributed by atoms with van der Waals surface area (Å²) in [5.74, 6) is 0.0917. The van der Waals surface area contributed by atoms with Crippen LogP contribution in [-0.4, -0.2) is 21.6 Å². The van der Waals surface area contributed by atoms with Crippen LogP contribution in [0.2, 0.25) is 0 Å². The molecule has 0 N–H and O–H groups in total. The average Bonchev–Trinajstić information content (AvgIpc) is 2.77. The molecule has 0 bridgehead atoms. The fourth-order valence-corrected chi connectivity index (χ4v) is 2.03. The smallest absolute Gasteiger partial charge is 0.257 e. The van der Waals surface area contributed by atoms with Gasteiger partial charge in [0.15, 0.2) is 5.82 Å². The Labute approximate surface area is 110 Å². The molecule has 2 aromatic rings. The van der Waals surface area contributed by atoms with E-state index >= 15 is 0 Å². The van der Waals surface area contributed by atoms with Gasteiger partial charge in [-0.25, -0.2) is 4.98 Å². The molecular formula is C14H12N4O. The molecule has 0 fully saturated rings. The van der Waals surface area contributed by atoms with Crippen LogP contribution in [0.5, 0.6) is 0 Å². The molecule has 5 heteroatoms. The zero-order valence-electron chi connectivity index (χ0n) is 10.4. The molecule has 0 radical (unpaired) electrons. The van der Waals surface area contributed by atoms with Crippen LogP contribution >= 0.6 is 0 Å². The number of hydrogen-bond donors (Lipinski definition) is 0. The first-order valence-corrected chi connectivity index (χ1v) is 6.01. The van der Waals surface area contributed by atoms with Crippen molar-refractivity contribution in [3.05, 3.63) is 54.5 Å². The molecule has 19 heavy (non-hydrogen) atoms. The number of hydrazone groups is 1. The number of hydrogen-bond acceptors (Lipinski definition) is 4. The van der Waals surface area contributed by atoms with E-state index in [1.807, 2.05) is 37.3 Å². The molecule has 1 atom stereocenters. The minimum Gasteiger partial charge on any atom is -0.272 e. The molecule has 3 rings (SSSR count). The summed E-state index contributed by atoms with van der Waals surface area (Å²) in [6.07, 6.45) is 4.64. The topological polar surface area (TPSA) is 58.5 Å². The molecule has 0 saturated carbocycles. The van der Waals surface area contributed by atoms with Crippen molar-refractivity contribution < 1.29 is 4.79 Å². The summed E-state index contributed by atoms with van der Waals surface area (Å²) in [5.41, 5.74) is 1.71. The Balaban J connectivity index is 2.01. The quantitative estimate of drug-likeness (QED) is 0.819. The molecule has 1 aliphatic heterocycles. The van der Waals surface area contributed by atoms with E-state index in [-0.39, 0.29) is 11.8 Å². The van der Waals surface area contributed by atoms with Crippen LogP contribution in [0.15, 0.2) is 54.0 Å². The number of benzene rings is 1. The van der Waals surface area contributed by atoms with Gasteiger partial charge in [-0.2, -0.15) is 10.1 Å². The Morgan fingerprint density at radius 1 is 1.16 bits per heavy atom. The summed E-state index contributed by atoms with van der Waals surface area (Å²) < 4.78 is 0. The molecule has 1 aliphatic rings. The summed E-state index contributed by atoms with van der Waals surface area (Å²) in [6, 6.07) is 9.69. The third-order valence-corrected chi connectivity index (χ3v) is 3.03. The lowest BCUT2D eigenvalue weighted by atomic mass is 9.99. The van der Waals surface area contributed by atoms with Gasteiger partial charge in [-0.1, -0.05) is 30.3 Å². The van der Waals surface area contributed by atoms with Crippen molar-refractivity contribution in [2.75, 3.05) is 5.01 Å². The Bertz CT molecular complexity index is 624. The highest BCUT2D eigenvalue weighted by atomic mass is 16.2. The van der Waals surface area contributed by atoms with Crippen molar-refractivity contribution in [1.82, 2.24) is 9.97 Å².